The molecule has 6 amide bonds. The van der Waals surface area contributed by atoms with Gasteiger partial charge in [0.2, 0.25) is 35.4 Å². The Balaban J connectivity index is 3.20. The van der Waals surface area contributed by atoms with Crippen molar-refractivity contribution < 1.29 is 53.7 Å². The number of nitrogens with one attached hydrogen (secondary N) is 4. The SMILES string of the molecule is CC(C)C[C@@H](C(=O)O)N(C)C(=O)[C@H](CC(=O)O)NC(=O)[C@H](CC(N)=O)NC(=O)[C@@H](NC(=O)[C@@H](NC(=O)[C@@H](N)Cc1ccc(O)cc1)C(C)C)C(C)C. The van der Waals surface area contributed by atoms with Gasteiger partial charge in [0.05, 0.1) is 18.9 Å². The van der Waals surface area contributed by atoms with Crippen LogP contribution in [0.1, 0.15) is 66.4 Å². The molecule has 0 saturated carbocycles. The Kier molecular flexibility index (Phi) is 17.7. The molecule has 0 spiro atoms. The molecule has 0 unspecified atom stereocenters. The fourth-order valence-corrected chi connectivity index (χ4v) is 5.14. The molecule has 52 heavy (non-hydrogen) atoms. The number of carboxylic acids is 2. The normalized spacial score (nSPS) is 14.7. The highest BCUT2D eigenvalue weighted by molar-refractivity contribution is 5.98. The highest BCUT2D eigenvalue weighted by Crippen LogP contribution is 2.15. The second-order valence-corrected chi connectivity index (χ2v) is 13.8. The van der Waals surface area contributed by atoms with Gasteiger partial charge >= 0.3 is 11.9 Å². The quantitative estimate of drug-likeness (QED) is 0.0721. The second kappa shape index (κ2) is 20.6. The molecule has 18 nitrogen and oxygen atoms in total. The third kappa shape index (κ3) is 14.5. The first-order valence-corrected chi connectivity index (χ1v) is 16.8. The van der Waals surface area contributed by atoms with Crippen molar-refractivity contribution in [3.8, 4) is 5.75 Å². The van der Waals surface area contributed by atoms with E-state index in [2.05, 4.69) is 21.3 Å². The summed E-state index contributed by atoms with van der Waals surface area (Å²) in [5.74, 6) is -9.65. The first kappa shape index (κ1) is 44.8. The van der Waals surface area contributed by atoms with Gasteiger partial charge in [-0.25, -0.2) is 4.79 Å². The zero-order valence-electron chi connectivity index (χ0n) is 30.5. The number of phenols is 1. The molecule has 0 aliphatic rings. The molecule has 0 saturated heterocycles. The number of carboxylic acid groups (broad SMARTS) is 2. The van der Waals surface area contributed by atoms with Crippen molar-refractivity contribution in [2.45, 2.75) is 103 Å². The summed E-state index contributed by atoms with van der Waals surface area (Å²) in [6.45, 7) is 9.92. The zero-order chi connectivity index (χ0) is 40.0. The molecule has 0 fully saturated rings. The number of nitrogens with zero attached hydrogens (tertiary/aromatic N) is 1. The number of benzene rings is 1. The van der Waals surface area contributed by atoms with Crippen molar-refractivity contribution in [3.63, 3.8) is 0 Å². The van der Waals surface area contributed by atoms with Crippen LogP contribution in [0.5, 0.6) is 5.75 Å². The topological polar surface area (TPSA) is 301 Å². The minimum atomic E-state index is -1.78. The number of hydrogen-bond acceptors (Lipinski definition) is 10. The molecule has 18 heteroatoms. The summed E-state index contributed by atoms with van der Waals surface area (Å²) in [7, 11) is 1.15. The van der Waals surface area contributed by atoms with Crippen LogP contribution in [0.2, 0.25) is 0 Å². The second-order valence-electron chi connectivity index (χ2n) is 13.8. The van der Waals surface area contributed by atoms with Gasteiger partial charge in [-0.3, -0.25) is 33.6 Å². The van der Waals surface area contributed by atoms with E-state index in [1.165, 1.54) is 12.1 Å². The van der Waals surface area contributed by atoms with Crippen LogP contribution < -0.4 is 32.7 Å². The molecule has 0 heterocycles. The van der Waals surface area contributed by atoms with Crippen molar-refractivity contribution in [1.29, 1.82) is 0 Å². The summed E-state index contributed by atoms with van der Waals surface area (Å²) in [5.41, 5.74) is 12.1. The maximum atomic E-state index is 13.5. The number of nitrogens with two attached hydrogens (primary N) is 2. The van der Waals surface area contributed by atoms with E-state index in [4.69, 9.17) is 11.5 Å². The van der Waals surface area contributed by atoms with E-state index in [0.717, 1.165) is 11.9 Å². The lowest BCUT2D eigenvalue weighted by atomic mass is 9.98. The third-order valence-electron chi connectivity index (χ3n) is 8.05. The van der Waals surface area contributed by atoms with Crippen LogP contribution in [0.3, 0.4) is 0 Å². The Bertz CT molecular complexity index is 1450. The molecule has 0 bridgehead atoms. The van der Waals surface area contributed by atoms with Crippen LogP contribution >= 0.6 is 0 Å². The molecule has 1 aromatic rings. The van der Waals surface area contributed by atoms with E-state index in [1.807, 2.05) is 0 Å². The average molecular weight is 736 g/mol. The predicted molar refractivity (Wildman–Crippen MR) is 187 cm³/mol. The number of phenolic OH excluding ortho intramolecular Hbond substituents is 1. The molecule has 1 rings (SSSR count). The molecule has 0 aromatic heterocycles. The summed E-state index contributed by atoms with van der Waals surface area (Å²) in [4.78, 5) is 103. The summed E-state index contributed by atoms with van der Waals surface area (Å²) in [6.07, 6.45) is -1.60. The molecule has 1 aromatic carbocycles. The minimum absolute atomic E-state index is 0.0297. The first-order valence-electron chi connectivity index (χ1n) is 16.8. The van der Waals surface area contributed by atoms with Gasteiger partial charge in [-0.05, 0) is 48.3 Å². The molecule has 0 radical (unpaired) electrons. The van der Waals surface area contributed by atoms with Gasteiger partial charge < -0.3 is 53.0 Å². The fourth-order valence-electron chi connectivity index (χ4n) is 5.14. The van der Waals surface area contributed by atoms with Crippen LogP contribution in [0.4, 0.5) is 0 Å². The molecule has 0 aliphatic heterocycles. The van der Waals surface area contributed by atoms with E-state index in [1.54, 1.807) is 53.7 Å². The van der Waals surface area contributed by atoms with Crippen molar-refractivity contribution >= 4 is 47.4 Å². The Morgan fingerprint density at radius 2 is 1.19 bits per heavy atom. The van der Waals surface area contributed by atoms with Crippen LogP contribution in [0.25, 0.3) is 0 Å². The summed E-state index contributed by atoms with van der Waals surface area (Å²) in [5, 5.41) is 38.3. The zero-order valence-corrected chi connectivity index (χ0v) is 30.5. The van der Waals surface area contributed by atoms with E-state index in [9.17, 15) is 53.7 Å². The maximum absolute atomic E-state index is 13.5. The number of primary amides is 1. The van der Waals surface area contributed by atoms with E-state index < -0.39 is 108 Å². The fraction of sp³-hybridized carbons (Fsp3) is 0.588. The van der Waals surface area contributed by atoms with Gasteiger partial charge in [0.25, 0.3) is 0 Å². The molecular weight excluding hydrogens is 682 g/mol. The standard InChI is InChI=1S/C34H53N7O11/c1-16(2)12-24(34(51)52)41(7)33(50)23(15-26(44)45)38-30(47)22(14-25(36)43)37-31(48)27(17(3)4)40-32(49)28(18(5)6)39-29(46)21(35)13-19-8-10-20(42)11-9-19/h8-11,16-18,21-24,27-28,42H,12-15,35H2,1-7H3,(H2,36,43)(H,37,48)(H,38,47)(H,39,46)(H,40,49)(H,44,45)(H,51,52)/t21-,22-,23-,24-,27-,28-/m0/s1. The average Bonchev–Trinajstić information content (AvgIpc) is 3.03. The van der Waals surface area contributed by atoms with E-state index in [0.29, 0.717) is 5.56 Å². The number of amides is 6. The van der Waals surface area contributed by atoms with Crippen LogP contribution in [-0.4, -0.2) is 111 Å². The number of rotatable bonds is 21. The van der Waals surface area contributed by atoms with Gasteiger partial charge in [-0.1, -0.05) is 53.7 Å². The number of carbonyl (C=O) groups is 8. The van der Waals surface area contributed by atoms with Crippen LogP contribution in [-0.2, 0) is 44.8 Å². The highest BCUT2D eigenvalue weighted by Gasteiger charge is 2.37. The van der Waals surface area contributed by atoms with Crippen molar-refractivity contribution in [1.82, 2.24) is 26.2 Å². The number of hydrogen-bond donors (Lipinski definition) is 9. The molecule has 6 atom stereocenters. The Morgan fingerprint density at radius 1 is 0.712 bits per heavy atom. The summed E-state index contributed by atoms with van der Waals surface area (Å²) in [6, 6.07) is -2.32. The monoisotopic (exact) mass is 735 g/mol. The Morgan fingerprint density at radius 3 is 1.63 bits per heavy atom. The first-order chi connectivity index (χ1) is 24.0. The molecule has 290 valence electrons. The van der Waals surface area contributed by atoms with Gasteiger partial charge in [-0.15, -0.1) is 0 Å². The highest BCUT2D eigenvalue weighted by atomic mass is 16.4. The van der Waals surface area contributed by atoms with Gasteiger partial charge in [0.15, 0.2) is 0 Å². The molecule has 11 N–H and O–H groups in total. The van der Waals surface area contributed by atoms with Crippen molar-refractivity contribution in [3.05, 3.63) is 29.8 Å². The number of aromatic hydroxyl groups is 1. The van der Waals surface area contributed by atoms with Crippen LogP contribution in [0, 0.1) is 17.8 Å². The lowest BCUT2D eigenvalue weighted by Crippen LogP contribution is -2.61. The lowest BCUT2D eigenvalue weighted by molar-refractivity contribution is -0.152. The number of likely N-dealkylation sites (N-methyl/N-ethyl adjacent to an activating group) is 1. The molecule has 0 aliphatic carbocycles. The third-order valence-corrected chi connectivity index (χ3v) is 8.05. The maximum Gasteiger partial charge on any atom is 0.326 e. The number of carbonyl (C=O) groups excluding carboxylic acids is 6. The van der Waals surface area contributed by atoms with Crippen molar-refractivity contribution in [2.24, 2.45) is 29.2 Å². The van der Waals surface area contributed by atoms with E-state index >= 15 is 0 Å². The smallest absolute Gasteiger partial charge is 0.326 e. The van der Waals surface area contributed by atoms with Crippen LogP contribution in [0.15, 0.2) is 24.3 Å². The van der Waals surface area contributed by atoms with E-state index in [-0.39, 0.29) is 24.5 Å². The van der Waals surface area contributed by atoms with Gasteiger partial charge in [0.1, 0.15) is 36.0 Å². The predicted octanol–water partition coefficient (Wildman–Crippen LogP) is -1.18. The Hall–Kier alpha value is -5.26. The Labute approximate surface area is 302 Å². The largest absolute Gasteiger partial charge is 0.508 e. The van der Waals surface area contributed by atoms with Gasteiger partial charge in [-0.2, -0.15) is 0 Å². The van der Waals surface area contributed by atoms with Crippen molar-refractivity contribution in [2.75, 3.05) is 7.05 Å². The minimum Gasteiger partial charge on any atom is -0.508 e. The summed E-state index contributed by atoms with van der Waals surface area (Å²) < 4.78 is 0. The lowest BCUT2D eigenvalue weighted by Gasteiger charge is -2.31. The number of aliphatic carboxylic acids is 2. The summed E-state index contributed by atoms with van der Waals surface area (Å²) >= 11 is 0. The van der Waals surface area contributed by atoms with Gasteiger partial charge in [0, 0.05) is 7.05 Å². The molecular formula is C34H53N7O11.